The molecule has 0 saturated heterocycles. The van der Waals surface area contributed by atoms with Crippen LogP contribution in [0.25, 0.3) is 64.0 Å². The summed E-state index contributed by atoms with van der Waals surface area (Å²) in [4.78, 5) is 5.62. The molecule has 1 aliphatic carbocycles. The Labute approximate surface area is 293 Å². The number of hydrogen-bond acceptors (Lipinski definition) is 3. The van der Waals surface area contributed by atoms with Crippen molar-refractivity contribution in [2.45, 2.75) is 25.2 Å². The fourth-order valence-corrected chi connectivity index (χ4v) is 10.00. The molecule has 236 valence electrons. The normalized spacial score (nSPS) is 16.8. The number of fused-ring (bicyclic) bond motifs is 12. The van der Waals surface area contributed by atoms with Gasteiger partial charge in [0.2, 0.25) is 0 Å². The van der Waals surface area contributed by atoms with Crippen LogP contribution in [-0.2, 0) is 0 Å². The van der Waals surface area contributed by atoms with Crippen molar-refractivity contribution in [3.8, 4) is 11.1 Å². The van der Waals surface area contributed by atoms with Crippen LogP contribution in [-0.4, -0.2) is 5.71 Å². The molecule has 2 unspecified atom stereocenters. The van der Waals surface area contributed by atoms with Gasteiger partial charge in [-0.25, -0.2) is 4.99 Å². The molecule has 2 atom stereocenters. The maximum Gasteiger partial charge on any atom is 0.144 e. The van der Waals surface area contributed by atoms with Gasteiger partial charge in [0, 0.05) is 48.3 Å². The third-order valence-corrected chi connectivity index (χ3v) is 12.2. The standard InChI is InChI=1S/C47H31NOS/c1-2-27-24-40(45(48-41-20-9-7-13-29(27)41)36-19-11-18-34-32-16-8-10-21-42(32)49-46(34)36)44-33-17-6-5-15-31(33)37-25-38-35-23-22-28-12-3-4-14-30(28)47(35)50-43(38)26-39(37)44/h3-27,44H,2H2,1H3. The van der Waals surface area contributed by atoms with Crippen molar-refractivity contribution in [1.82, 2.24) is 0 Å². The zero-order chi connectivity index (χ0) is 32.9. The zero-order valence-electron chi connectivity index (χ0n) is 27.5. The average Bonchev–Trinajstić information content (AvgIpc) is 3.80. The van der Waals surface area contributed by atoms with E-state index >= 15 is 0 Å². The Morgan fingerprint density at radius 3 is 2.28 bits per heavy atom. The van der Waals surface area contributed by atoms with Crippen LogP contribution in [0.1, 0.15) is 47.4 Å². The van der Waals surface area contributed by atoms with E-state index in [1.54, 1.807) is 0 Å². The number of hydrogen-bond donors (Lipinski definition) is 0. The van der Waals surface area contributed by atoms with Gasteiger partial charge in [-0.05, 0) is 80.9 Å². The summed E-state index contributed by atoms with van der Waals surface area (Å²) >= 11 is 1.92. The highest BCUT2D eigenvalue weighted by Gasteiger charge is 2.36. The van der Waals surface area contributed by atoms with Gasteiger partial charge in [-0.2, -0.15) is 0 Å². The highest BCUT2D eigenvalue weighted by Crippen LogP contribution is 2.54. The lowest BCUT2D eigenvalue weighted by atomic mass is 9.81. The molecule has 0 radical (unpaired) electrons. The summed E-state index contributed by atoms with van der Waals surface area (Å²) in [5.74, 6) is 0.252. The highest BCUT2D eigenvalue weighted by atomic mass is 32.1. The molecule has 0 fully saturated rings. The molecule has 2 aliphatic rings. The monoisotopic (exact) mass is 657 g/mol. The summed E-state index contributed by atoms with van der Waals surface area (Å²) in [6, 6.07) is 50.9. The third kappa shape index (κ3) is 3.93. The van der Waals surface area contributed by atoms with Crippen LogP contribution >= 0.6 is 11.3 Å². The first-order chi connectivity index (χ1) is 24.7. The summed E-state index contributed by atoms with van der Waals surface area (Å²) in [6.07, 6.45) is 3.52. The first kappa shape index (κ1) is 28.1. The molecule has 1 aliphatic heterocycles. The minimum absolute atomic E-state index is 0.0225. The van der Waals surface area contributed by atoms with Crippen molar-refractivity contribution >= 4 is 75.6 Å². The predicted octanol–water partition coefficient (Wildman–Crippen LogP) is 13.5. The molecule has 2 aromatic heterocycles. The van der Waals surface area contributed by atoms with E-state index in [9.17, 15) is 0 Å². The van der Waals surface area contributed by atoms with Crippen molar-refractivity contribution in [3.63, 3.8) is 0 Å². The molecule has 2 nitrogen and oxygen atoms in total. The van der Waals surface area contributed by atoms with E-state index < -0.39 is 0 Å². The number of allylic oxidation sites excluding steroid dienone is 2. The van der Waals surface area contributed by atoms with E-state index in [0.717, 1.165) is 45.3 Å². The number of thiophene rings is 1. The summed E-state index contributed by atoms with van der Waals surface area (Å²) < 4.78 is 9.38. The number of furan rings is 1. The van der Waals surface area contributed by atoms with E-state index in [2.05, 4.69) is 146 Å². The SMILES string of the molecule is CCC1C=C(C2c3ccccc3-c3cc4c(cc32)sc2c3ccccc3ccc42)C(c2cccc3c2oc2ccccc23)=Nc2ccccc21. The Balaban J connectivity index is 1.21. The van der Waals surface area contributed by atoms with Crippen molar-refractivity contribution in [1.29, 1.82) is 0 Å². The Morgan fingerprint density at radius 1 is 0.600 bits per heavy atom. The van der Waals surface area contributed by atoms with Crippen molar-refractivity contribution in [3.05, 3.63) is 173 Å². The fourth-order valence-electron chi connectivity index (χ4n) is 8.73. The first-order valence-corrected chi connectivity index (χ1v) is 18.3. The van der Waals surface area contributed by atoms with Crippen LogP contribution in [0.4, 0.5) is 5.69 Å². The smallest absolute Gasteiger partial charge is 0.144 e. The van der Waals surface area contributed by atoms with E-state index in [-0.39, 0.29) is 11.8 Å². The Hall–Kier alpha value is -5.77. The van der Waals surface area contributed by atoms with Gasteiger partial charge < -0.3 is 4.42 Å². The Kier molecular flexibility index (Phi) is 5.97. The van der Waals surface area contributed by atoms with Crippen molar-refractivity contribution in [2.24, 2.45) is 4.99 Å². The Bertz CT molecular complexity index is 2940. The van der Waals surface area contributed by atoms with E-state index in [1.165, 1.54) is 64.3 Å². The summed E-state index contributed by atoms with van der Waals surface area (Å²) in [7, 11) is 0. The van der Waals surface area contributed by atoms with Crippen molar-refractivity contribution in [2.75, 3.05) is 0 Å². The maximum absolute atomic E-state index is 6.69. The maximum atomic E-state index is 6.69. The fraction of sp³-hybridized carbons (Fsp3) is 0.0851. The van der Waals surface area contributed by atoms with Gasteiger partial charge >= 0.3 is 0 Å². The molecule has 3 heteroatoms. The van der Waals surface area contributed by atoms with Gasteiger partial charge in [-0.1, -0.05) is 122 Å². The minimum Gasteiger partial charge on any atom is -0.455 e. The van der Waals surface area contributed by atoms with Crippen LogP contribution in [0.5, 0.6) is 0 Å². The van der Waals surface area contributed by atoms with Crippen molar-refractivity contribution < 1.29 is 4.42 Å². The van der Waals surface area contributed by atoms with E-state index in [0.29, 0.717) is 0 Å². The van der Waals surface area contributed by atoms with Gasteiger partial charge in [0.15, 0.2) is 0 Å². The van der Waals surface area contributed by atoms with Crippen LogP contribution in [0.3, 0.4) is 0 Å². The molecule has 9 aromatic rings. The van der Waals surface area contributed by atoms with Gasteiger partial charge in [0.05, 0.1) is 11.4 Å². The second-order valence-corrected chi connectivity index (χ2v) is 14.7. The largest absolute Gasteiger partial charge is 0.455 e. The topological polar surface area (TPSA) is 25.5 Å². The van der Waals surface area contributed by atoms with E-state index in [4.69, 9.17) is 9.41 Å². The minimum atomic E-state index is 0.0225. The molecule has 11 rings (SSSR count). The predicted molar refractivity (Wildman–Crippen MR) is 212 cm³/mol. The van der Waals surface area contributed by atoms with E-state index in [1.807, 2.05) is 17.4 Å². The molecule has 50 heavy (non-hydrogen) atoms. The number of nitrogens with zero attached hydrogens (tertiary/aromatic N) is 1. The highest BCUT2D eigenvalue weighted by molar-refractivity contribution is 7.26. The molecule has 0 spiro atoms. The molecular weight excluding hydrogens is 627 g/mol. The Morgan fingerprint density at radius 2 is 1.36 bits per heavy atom. The molecule has 3 heterocycles. The molecule has 0 bridgehead atoms. The molecular formula is C47H31NOS. The van der Waals surface area contributed by atoms with Gasteiger partial charge in [-0.15, -0.1) is 11.3 Å². The van der Waals surface area contributed by atoms with Gasteiger partial charge in [0.1, 0.15) is 11.2 Å². The first-order valence-electron chi connectivity index (χ1n) is 17.5. The van der Waals surface area contributed by atoms with Crippen LogP contribution in [0.15, 0.2) is 161 Å². The van der Waals surface area contributed by atoms with Gasteiger partial charge in [0.25, 0.3) is 0 Å². The van der Waals surface area contributed by atoms with Crippen LogP contribution < -0.4 is 0 Å². The molecule has 0 saturated carbocycles. The quantitative estimate of drug-likeness (QED) is 0.186. The van der Waals surface area contributed by atoms with Gasteiger partial charge in [-0.3, -0.25) is 0 Å². The average molecular weight is 658 g/mol. The molecule has 0 amide bonds. The lowest BCUT2D eigenvalue weighted by Crippen LogP contribution is -2.14. The number of para-hydroxylation sites is 3. The molecule has 7 aromatic carbocycles. The second kappa shape index (κ2) is 10.6. The summed E-state index contributed by atoms with van der Waals surface area (Å²) in [5, 5.41) is 7.53. The number of aliphatic imine (C=N–C) groups is 1. The summed E-state index contributed by atoms with van der Waals surface area (Å²) in [6.45, 7) is 2.29. The second-order valence-electron chi connectivity index (χ2n) is 13.7. The zero-order valence-corrected chi connectivity index (χ0v) is 28.3. The number of rotatable bonds is 3. The van der Waals surface area contributed by atoms with Crippen LogP contribution in [0.2, 0.25) is 0 Å². The lowest BCUT2D eigenvalue weighted by Gasteiger charge is -2.21. The summed E-state index contributed by atoms with van der Waals surface area (Å²) in [5.41, 5.74) is 12.7. The van der Waals surface area contributed by atoms with Crippen LogP contribution in [0, 0.1) is 0 Å². The molecule has 0 N–H and O–H groups in total. The lowest BCUT2D eigenvalue weighted by molar-refractivity contribution is 0.668. The third-order valence-electron chi connectivity index (χ3n) is 11.0. The number of benzene rings is 7.